The number of allylic oxidation sites excluding steroid dienone is 4. The Kier molecular flexibility index (Phi) is 8.09. The Hall–Kier alpha value is -2.85. The van der Waals surface area contributed by atoms with Crippen molar-refractivity contribution in [1.29, 1.82) is 0 Å². The molecule has 7 nitrogen and oxygen atoms in total. The number of carbonyl (C=O) groups excluding carboxylic acids is 3. The summed E-state index contributed by atoms with van der Waals surface area (Å²) >= 11 is 8.30. The number of dihydropyridines is 1. The van der Waals surface area contributed by atoms with E-state index in [4.69, 9.17) is 21.1 Å². The number of nitrogens with one attached hydrogen (secondary N) is 2. The molecule has 0 radical (unpaired) electrons. The number of Topliss-reactive ketones (excluding diaryl/α,β-unsaturated/α-hetero) is 2. The van der Waals surface area contributed by atoms with Gasteiger partial charge in [-0.2, -0.15) is 0 Å². The molecular weight excluding hydrogens is 619 g/mol. The van der Waals surface area contributed by atoms with Gasteiger partial charge >= 0.3 is 0 Å². The van der Waals surface area contributed by atoms with E-state index in [0.29, 0.717) is 52.8 Å². The van der Waals surface area contributed by atoms with E-state index in [9.17, 15) is 14.4 Å². The molecule has 2 N–H and O–H groups in total. The third-order valence-electron chi connectivity index (χ3n) is 6.95. The smallest absolute Gasteiger partial charge is 0.262 e. The van der Waals surface area contributed by atoms with E-state index in [2.05, 4.69) is 33.2 Å². The first-order chi connectivity index (χ1) is 18.4. The third-order valence-corrected chi connectivity index (χ3v) is 8.08. The van der Waals surface area contributed by atoms with Crippen LogP contribution >= 0.6 is 34.2 Å². The van der Waals surface area contributed by atoms with Gasteiger partial charge in [-0.25, -0.2) is 0 Å². The van der Waals surface area contributed by atoms with Crippen molar-refractivity contribution >= 4 is 57.4 Å². The molecule has 1 heterocycles. The van der Waals surface area contributed by atoms with Gasteiger partial charge in [0.25, 0.3) is 5.91 Å². The molecule has 0 atom stereocenters. The van der Waals surface area contributed by atoms with Gasteiger partial charge in [-0.3, -0.25) is 14.4 Å². The number of benzene rings is 2. The molecule has 0 spiro atoms. The highest BCUT2D eigenvalue weighted by molar-refractivity contribution is 14.1. The van der Waals surface area contributed by atoms with Gasteiger partial charge in [0, 0.05) is 41.3 Å². The van der Waals surface area contributed by atoms with Crippen LogP contribution in [0.25, 0.3) is 0 Å². The minimum absolute atomic E-state index is 0.0817. The highest BCUT2D eigenvalue weighted by atomic mass is 127. The molecule has 9 heteroatoms. The number of ketones is 2. The zero-order chi connectivity index (χ0) is 26.8. The van der Waals surface area contributed by atoms with Crippen molar-refractivity contribution in [2.45, 2.75) is 51.4 Å². The Labute approximate surface area is 240 Å². The van der Waals surface area contributed by atoms with E-state index in [0.717, 1.165) is 46.2 Å². The fraction of sp³-hybridized carbons (Fsp3) is 0.345. The van der Waals surface area contributed by atoms with Gasteiger partial charge in [-0.05, 0) is 85.0 Å². The molecular formula is C29H28ClIN2O5. The van der Waals surface area contributed by atoms with E-state index in [1.807, 2.05) is 19.1 Å². The lowest BCUT2D eigenvalue weighted by atomic mass is 9.71. The average molecular weight is 647 g/mol. The highest BCUT2D eigenvalue weighted by Crippen LogP contribution is 2.47. The second kappa shape index (κ2) is 11.5. The molecule has 5 rings (SSSR count). The number of halogens is 2. The predicted octanol–water partition coefficient (Wildman–Crippen LogP) is 6.06. The van der Waals surface area contributed by atoms with Crippen LogP contribution < -0.4 is 20.1 Å². The number of carbonyl (C=O) groups is 3. The molecule has 2 aromatic carbocycles. The van der Waals surface area contributed by atoms with Crippen molar-refractivity contribution in [3.63, 3.8) is 0 Å². The number of hydrogen-bond donors (Lipinski definition) is 2. The molecule has 3 aliphatic rings. The van der Waals surface area contributed by atoms with Crippen molar-refractivity contribution < 1.29 is 23.9 Å². The molecule has 38 heavy (non-hydrogen) atoms. The zero-order valence-corrected chi connectivity index (χ0v) is 23.9. The number of hydrogen-bond acceptors (Lipinski definition) is 6. The number of ether oxygens (including phenoxy) is 2. The van der Waals surface area contributed by atoms with E-state index in [1.54, 1.807) is 24.3 Å². The summed E-state index contributed by atoms with van der Waals surface area (Å²) in [7, 11) is 0. The standard InChI is InChI=1S/C29H28ClIN2O5/c1-2-37-24-14-16(13-18(31)29(24)38-15-25(36)33-19-8-4-3-7-17(19)30)26-27-20(9-5-11-22(27)34)32-21-10-6-12-23(35)28(21)26/h3-4,7-8,13-14,26,32H,2,5-6,9-12,15H2,1H3,(H,33,36). The predicted molar refractivity (Wildman–Crippen MR) is 154 cm³/mol. The van der Waals surface area contributed by atoms with Crippen molar-refractivity contribution in [2.24, 2.45) is 0 Å². The minimum Gasteiger partial charge on any atom is -0.490 e. The molecule has 2 aromatic rings. The monoisotopic (exact) mass is 646 g/mol. The number of rotatable bonds is 7. The SMILES string of the molecule is CCOc1cc(C2C3=C(CCCC3=O)NC3=C2C(=O)CCC3)cc(I)c1OCC(=O)Nc1ccccc1Cl. The van der Waals surface area contributed by atoms with Crippen LogP contribution in [0.4, 0.5) is 5.69 Å². The van der Waals surface area contributed by atoms with Crippen molar-refractivity contribution in [3.8, 4) is 11.5 Å². The molecule has 0 saturated carbocycles. The first-order valence-electron chi connectivity index (χ1n) is 12.8. The summed E-state index contributed by atoms with van der Waals surface area (Å²) in [6, 6.07) is 10.8. The van der Waals surface area contributed by atoms with E-state index in [-0.39, 0.29) is 24.1 Å². The number of amides is 1. The fourth-order valence-corrected chi connectivity index (χ4v) is 6.32. The van der Waals surface area contributed by atoms with Gasteiger partial charge in [-0.1, -0.05) is 23.7 Å². The van der Waals surface area contributed by atoms with Crippen molar-refractivity contribution in [2.75, 3.05) is 18.5 Å². The third kappa shape index (κ3) is 5.33. The lowest BCUT2D eigenvalue weighted by molar-refractivity contribution is -0.118. The Morgan fingerprint density at radius 1 is 1.03 bits per heavy atom. The van der Waals surface area contributed by atoms with Crippen molar-refractivity contribution in [1.82, 2.24) is 5.32 Å². The fourth-order valence-electron chi connectivity index (χ4n) is 5.36. The van der Waals surface area contributed by atoms with Gasteiger partial charge < -0.3 is 20.1 Å². The van der Waals surface area contributed by atoms with Crippen molar-refractivity contribution in [3.05, 3.63) is 73.1 Å². The first-order valence-corrected chi connectivity index (χ1v) is 14.3. The second-order valence-electron chi connectivity index (χ2n) is 9.48. The molecule has 0 unspecified atom stereocenters. The zero-order valence-electron chi connectivity index (χ0n) is 21.0. The maximum atomic E-state index is 13.2. The minimum atomic E-state index is -0.438. The van der Waals surface area contributed by atoms with Crippen LogP contribution in [0.5, 0.6) is 11.5 Å². The van der Waals surface area contributed by atoms with E-state index >= 15 is 0 Å². The van der Waals surface area contributed by atoms with Gasteiger partial charge in [0.2, 0.25) is 0 Å². The molecule has 0 fully saturated rings. The summed E-state index contributed by atoms with van der Waals surface area (Å²) in [4.78, 5) is 38.9. The molecule has 0 aromatic heterocycles. The summed E-state index contributed by atoms with van der Waals surface area (Å²) in [5.74, 6) is 0.273. The molecule has 198 valence electrons. The second-order valence-corrected chi connectivity index (χ2v) is 11.0. The summed E-state index contributed by atoms with van der Waals surface area (Å²) in [5, 5.41) is 6.64. The Morgan fingerprint density at radius 3 is 2.32 bits per heavy atom. The lowest BCUT2D eigenvalue weighted by Crippen LogP contribution is -2.36. The highest BCUT2D eigenvalue weighted by Gasteiger charge is 2.40. The quantitative estimate of drug-likeness (QED) is 0.355. The Morgan fingerprint density at radius 2 is 1.68 bits per heavy atom. The Bertz CT molecular complexity index is 1340. The molecule has 1 amide bonds. The van der Waals surface area contributed by atoms with Crippen LogP contribution in [0.15, 0.2) is 58.9 Å². The average Bonchev–Trinajstić information content (AvgIpc) is 2.89. The summed E-state index contributed by atoms with van der Waals surface area (Å²) in [6.07, 6.45) is 4.15. The topological polar surface area (TPSA) is 93.7 Å². The molecule has 0 saturated heterocycles. The van der Waals surface area contributed by atoms with Crippen LogP contribution in [0, 0.1) is 3.57 Å². The normalized spacial score (nSPS) is 17.6. The number of para-hydroxylation sites is 1. The molecule has 1 aliphatic heterocycles. The maximum Gasteiger partial charge on any atom is 0.262 e. The van der Waals surface area contributed by atoms with Crippen LogP contribution in [0.1, 0.15) is 56.9 Å². The van der Waals surface area contributed by atoms with Crippen LogP contribution in [0.3, 0.4) is 0 Å². The van der Waals surface area contributed by atoms with Crippen LogP contribution in [-0.4, -0.2) is 30.7 Å². The van der Waals surface area contributed by atoms with Gasteiger partial charge in [-0.15, -0.1) is 0 Å². The first kappa shape index (κ1) is 26.7. The largest absolute Gasteiger partial charge is 0.490 e. The van der Waals surface area contributed by atoms with Gasteiger partial charge in [0.05, 0.1) is 20.9 Å². The number of anilines is 1. The Balaban J connectivity index is 1.48. The van der Waals surface area contributed by atoms with Gasteiger partial charge in [0.15, 0.2) is 29.7 Å². The van der Waals surface area contributed by atoms with E-state index in [1.165, 1.54) is 0 Å². The van der Waals surface area contributed by atoms with Crippen LogP contribution in [-0.2, 0) is 14.4 Å². The molecule has 0 bridgehead atoms. The summed E-state index contributed by atoms with van der Waals surface area (Å²) in [5.41, 5.74) is 4.57. The lowest BCUT2D eigenvalue weighted by Gasteiger charge is -2.37. The summed E-state index contributed by atoms with van der Waals surface area (Å²) in [6.45, 7) is 2.01. The van der Waals surface area contributed by atoms with Crippen LogP contribution in [0.2, 0.25) is 5.02 Å². The molecule has 2 aliphatic carbocycles. The van der Waals surface area contributed by atoms with Gasteiger partial charge in [0.1, 0.15) is 0 Å². The summed E-state index contributed by atoms with van der Waals surface area (Å²) < 4.78 is 12.6. The van der Waals surface area contributed by atoms with E-state index < -0.39 is 5.92 Å². The maximum absolute atomic E-state index is 13.2.